The summed E-state index contributed by atoms with van der Waals surface area (Å²) in [6, 6.07) is -4.62. The number of nitrogens with one attached hydrogen (secondary N) is 1. The number of likely N-dealkylation sites (tertiary alicyclic amines) is 2. The minimum atomic E-state index is -1.51. The number of carbonyl (C=O) groups excluding carboxylic acids is 4. The van der Waals surface area contributed by atoms with Gasteiger partial charge in [0.15, 0.2) is 0 Å². The molecular weight excluding hydrogens is 414 g/mol. The first kappa shape index (κ1) is 24.1. The zero-order valence-electron chi connectivity index (χ0n) is 16.9. The van der Waals surface area contributed by atoms with Gasteiger partial charge in [-0.15, -0.1) is 0 Å². The summed E-state index contributed by atoms with van der Waals surface area (Å²) in [6.07, 6.45) is 0.493. The molecule has 0 radical (unpaired) electrons. The Balaban J connectivity index is 2.09. The van der Waals surface area contributed by atoms with Crippen LogP contribution in [0.3, 0.4) is 0 Å². The van der Waals surface area contributed by atoms with Gasteiger partial charge in [0.2, 0.25) is 23.6 Å². The molecule has 0 saturated carbocycles. The van der Waals surface area contributed by atoms with E-state index in [1.165, 1.54) is 9.80 Å². The van der Waals surface area contributed by atoms with E-state index in [1.807, 2.05) is 0 Å². The summed E-state index contributed by atoms with van der Waals surface area (Å²) in [4.78, 5) is 74.0. The number of carboxylic acid groups (broad SMARTS) is 2. The number of rotatable bonds is 9. The first-order valence-corrected chi connectivity index (χ1v) is 9.92. The number of primary amides is 1. The van der Waals surface area contributed by atoms with Crippen LogP contribution in [0.4, 0.5) is 0 Å². The van der Waals surface area contributed by atoms with Crippen molar-refractivity contribution in [1.82, 2.24) is 15.1 Å². The smallest absolute Gasteiger partial charge is 0.326 e. The molecule has 2 aliphatic heterocycles. The van der Waals surface area contributed by atoms with E-state index in [0.29, 0.717) is 25.7 Å². The molecule has 172 valence electrons. The standard InChI is InChI=1S/C18H27N5O8/c19-9(7-14(25)26)16(28)23-6-2-4-12(23)17(29)22-5-1-3-11(22)15(27)21-10(18(30)31)8-13(20)24/h9-12H,1-8,19H2,(H2,20,24)(H,21,27)(H,25,26)(H,30,31). The Hall–Kier alpha value is -3.22. The van der Waals surface area contributed by atoms with E-state index in [2.05, 4.69) is 5.32 Å². The van der Waals surface area contributed by atoms with Crippen LogP contribution in [-0.2, 0) is 28.8 Å². The second-order valence-electron chi connectivity index (χ2n) is 7.65. The van der Waals surface area contributed by atoms with Crippen LogP contribution in [0.2, 0.25) is 0 Å². The highest BCUT2D eigenvalue weighted by Gasteiger charge is 2.43. The van der Waals surface area contributed by atoms with Crippen LogP contribution in [0.25, 0.3) is 0 Å². The minimum absolute atomic E-state index is 0.240. The number of carbonyl (C=O) groups is 6. The maximum atomic E-state index is 13.1. The molecule has 0 bridgehead atoms. The topological polar surface area (TPSA) is 213 Å². The Kier molecular flexibility index (Phi) is 7.91. The maximum absolute atomic E-state index is 13.1. The normalized spacial score (nSPS) is 22.6. The van der Waals surface area contributed by atoms with E-state index in [0.717, 1.165) is 0 Å². The fraction of sp³-hybridized carbons (Fsp3) is 0.667. The third-order valence-corrected chi connectivity index (χ3v) is 5.39. The highest BCUT2D eigenvalue weighted by Crippen LogP contribution is 2.25. The fourth-order valence-electron chi connectivity index (χ4n) is 3.94. The Bertz CT molecular complexity index is 772. The monoisotopic (exact) mass is 441 g/mol. The lowest BCUT2D eigenvalue weighted by molar-refractivity contribution is -0.149. The number of aliphatic carboxylic acids is 2. The van der Waals surface area contributed by atoms with Crippen molar-refractivity contribution in [1.29, 1.82) is 0 Å². The first-order valence-electron chi connectivity index (χ1n) is 9.92. The molecule has 2 aliphatic rings. The highest BCUT2D eigenvalue weighted by atomic mass is 16.4. The number of hydrogen-bond donors (Lipinski definition) is 5. The van der Waals surface area contributed by atoms with Crippen molar-refractivity contribution in [3.8, 4) is 0 Å². The van der Waals surface area contributed by atoms with Crippen molar-refractivity contribution in [3.05, 3.63) is 0 Å². The minimum Gasteiger partial charge on any atom is -0.481 e. The molecule has 13 heteroatoms. The van der Waals surface area contributed by atoms with Gasteiger partial charge < -0.3 is 36.8 Å². The Labute approximate surface area is 177 Å². The summed E-state index contributed by atoms with van der Waals surface area (Å²) >= 11 is 0. The fourth-order valence-corrected chi connectivity index (χ4v) is 3.94. The number of carboxylic acids is 2. The molecule has 13 nitrogen and oxygen atoms in total. The molecule has 4 atom stereocenters. The summed E-state index contributed by atoms with van der Waals surface area (Å²) in [5, 5.41) is 20.3. The zero-order chi connectivity index (χ0) is 23.3. The van der Waals surface area contributed by atoms with Crippen LogP contribution in [0, 0.1) is 0 Å². The van der Waals surface area contributed by atoms with Gasteiger partial charge in [0.05, 0.1) is 18.9 Å². The molecule has 0 aromatic heterocycles. The molecular formula is C18H27N5O8. The molecule has 4 amide bonds. The van der Waals surface area contributed by atoms with Crippen LogP contribution >= 0.6 is 0 Å². The number of hydrogen-bond acceptors (Lipinski definition) is 7. The largest absolute Gasteiger partial charge is 0.481 e. The molecule has 0 spiro atoms. The van der Waals surface area contributed by atoms with E-state index >= 15 is 0 Å². The number of nitrogens with zero attached hydrogens (tertiary/aromatic N) is 2. The van der Waals surface area contributed by atoms with Gasteiger partial charge in [0, 0.05) is 13.1 Å². The molecule has 2 saturated heterocycles. The predicted octanol–water partition coefficient (Wildman–Crippen LogP) is -2.78. The van der Waals surface area contributed by atoms with Crippen LogP contribution in [-0.4, -0.2) is 92.8 Å². The first-order chi connectivity index (χ1) is 14.5. The summed E-state index contributed by atoms with van der Waals surface area (Å²) in [6.45, 7) is 0.483. The number of nitrogens with two attached hydrogens (primary N) is 2. The van der Waals surface area contributed by atoms with Crippen molar-refractivity contribution < 1.29 is 39.0 Å². The van der Waals surface area contributed by atoms with E-state index in [-0.39, 0.29) is 13.1 Å². The second-order valence-corrected chi connectivity index (χ2v) is 7.65. The van der Waals surface area contributed by atoms with Gasteiger partial charge >= 0.3 is 11.9 Å². The maximum Gasteiger partial charge on any atom is 0.326 e. The van der Waals surface area contributed by atoms with Gasteiger partial charge in [-0.05, 0) is 25.7 Å². The quantitative estimate of drug-likeness (QED) is 0.250. The zero-order valence-corrected chi connectivity index (χ0v) is 16.9. The van der Waals surface area contributed by atoms with Gasteiger partial charge in [-0.3, -0.25) is 24.0 Å². The van der Waals surface area contributed by atoms with Crippen molar-refractivity contribution in [2.24, 2.45) is 11.5 Å². The summed E-state index contributed by atoms with van der Waals surface area (Å²) in [5.74, 6) is -5.41. The van der Waals surface area contributed by atoms with Crippen molar-refractivity contribution >= 4 is 35.6 Å². The third kappa shape index (κ3) is 5.90. The Morgan fingerprint density at radius 3 is 2.06 bits per heavy atom. The van der Waals surface area contributed by atoms with E-state index in [4.69, 9.17) is 16.6 Å². The SMILES string of the molecule is NC(=O)CC(NC(=O)C1CCCN1C(=O)C1CCCN1C(=O)C(N)CC(=O)O)C(=O)O. The number of amides is 4. The molecule has 31 heavy (non-hydrogen) atoms. The van der Waals surface area contributed by atoms with Crippen LogP contribution in [0.5, 0.6) is 0 Å². The molecule has 7 N–H and O–H groups in total. The van der Waals surface area contributed by atoms with Gasteiger partial charge in [0.25, 0.3) is 0 Å². The average Bonchev–Trinajstić information content (AvgIpc) is 3.34. The lowest BCUT2D eigenvalue weighted by Crippen LogP contribution is -2.56. The lowest BCUT2D eigenvalue weighted by atomic mass is 10.1. The van der Waals surface area contributed by atoms with Crippen molar-refractivity contribution in [2.75, 3.05) is 13.1 Å². The van der Waals surface area contributed by atoms with E-state index in [9.17, 15) is 33.9 Å². The highest BCUT2D eigenvalue weighted by molar-refractivity contribution is 5.96. The van der Waals surface area contributed by atoms with E-state index < -0.39 is 72.6 Å². The van der Waals surface area contributed by atoms with Gasteiger partial charge in [-0.25, -0.2) is 4.79 Å². The molecule has 0 aliphatic carbocycles. The van der Waals surface area contributed by atoms with Gasteiger partial charge in [-0.2, -0.15) is 0 Å². The Morgan fingerprint density at radius 1 is 0.935 bits per heavy atom. The molecule has 0 aromatic carbocycles. The lowest BCUT2D eigenvalue weighted by Gasteiger charge is -2.32. The molecule has 2 heterocycles. The van der Waals surface area contributed by atoms with Crippen molar-refractivity contribution in [2.45, 2.75) is 62.7 Å². The van der Waals surface area contributed by atoms with Crippen LogP contribution in [0.1, 0.15) is 38.5 Å². The molecule has 2 rings (SSSR count). The summed E-state index contributed by atoms with van der Waals surface area (Å²) in [5.41, 5.74) is 10.7. The van der Waals surface area contributed by atoms with Crippen LogP contribution < -0.4 is 16.8 Å². The molecule has 0 aromatic rings. The van der Waals surface area contributed by atoms with Gasteiger partial charge in [-0.1, -0.05) is 0 Å². The van der Waals surface area contributed by atoms with Crippen molar-refractivity contribution in [3.63, 3.8) is 0 Å². The molecule has 4 unspecified atom stereocenters. The summed E-state index contributed by atoms with van der Waals surface area (Å²) < 4.78 is 0. The predicted molar refractivity (Wildman–Crippen MR) is 103 cm³/mol. The van der Waals surface area contributed by atoms with Gasteiger partial charge in [0.1, 0.15) is 18.1 Å². The Morgan fingerprint density at radius 2 is 1.52 bits per heavy atom. The average molecular weight is 441 g/mol. The van der Waals surface area contributed by atoms with E-state index in [1.54, 1.807) is 0 Å². The molecule has 2 fully saturated rings. The second kappa shape index (κ2) is 10.2. The third-order valence-electron chi connectivity index (χ3n) is 5.39. The summed E-state index contributed by atoms with van der Waals surface area (Å²) in [7, 11) is 0. The van der Waals surface area contributed by atoms with Crippen LogP contribution in [0.15, 0.2) is 0 Å².